The first-order chi connectivity index (χ1) is 8.33. The normalized spacial score (nSPS) is 11.3. The van der Waals surface area contributed by atoms with Gasteiger partial charge in [-0.2, -0.15) is 0 Å². The van der Waals surface area contributed by atoms with Gasteiger partial charge in [-0.05, 0) is 6.42 Å². The monoisotopic (exact) mass is 279 g/mol. The number of sulfone groups is 1. The highest BCUT2D eigenvalue weighted by Crippen LogP contribution is 2.18. The highest BCUT2D eigenvalue weighted by Gasteiger charge is 2.10. The largest absolute Gasteiger partial charge is 0.371 e. The van der Waals surface area contributed by atoms with E-state index >= 15 is 0 Å². The summed E-state index contributed by atoms with van der Waals surface area (Å²) in [6.07, 6.45) is 1.45. The highest BCUT2D eigenvalue weighted by atomic mass is 32.2. The summed E-state index contributed by atoms with van der Waals surface area (Å²) in [5.74, 6) is -1.76. The lowest BCUT2D eigenvalue weighted by Gasteiger charge is -2.09. The van der Waals surface area contributed by atoms with Crippen molar-refractivity contribution < 1.29 is 17.2 Å². The molecule has 2 N–H and O–H groups in total. The number of anilines is 2. The van der Waals surface area contributed by atoms with Gasteiger partial charge in [-0.1, -0.05) is 0 Å². The number of nitrogens with one attached hydrogen (secondary N) is 2. The van der Waals surface area contributed by atoms with E-state index in [2.05, 4.69) is 15.6 Å². The van der Waals surface area contributed by atoms with Gasteiger partial charge in [0.1, 0.15) is 9.84 Å². The zero-order valence-electron chi connectivity index (χ0n) is 10.1. The molecule has 0 aliphatic heterocycles. The molecule has 0 aliphatic carbocycles. The minimum absolute atomic E-state index is 0.00169. The third-order valence-electron chi connectivity index (χ3n) is 2.15. The second-order valence-corrected chi connectivity index (χ2v) is 6.07. The summed E-state index contributed by atoms with van der Waals surface area (Å²) in [5.41, 5.74) is 0. The molecule has 102 valence electrons. The number of rotatable bonds is 6. The summed E-state index contributed by atoms with van der Waals surface area (Å²) in [6, 6.07) is 0.720. The molecule has 0 aromatic carbocycles. The van der Waals surface area contributed by atoms with Gasteiger partial charge in [-0.25, -0.2) is 22.2 Å². The minimum Gasteiger partial charge on any atom is -0.371 e. The minimum atomic E-state index is -3.03. The van der Waals surface area contributed by atoms with Crippen LogP contribution < -0.4 is 10.6 Å². The van der Waals surface area contributed by atoms with Crippen molar-refractivity contribution in [3.05, 3.63) is 17.7 Å². The smallest absolute Gasteiger partial charge is 0.168 e. The molecule has 18 heavy (non-hydrogen) atoms. The van der Waals surface area contributed by atoms with Crippen molar-refractivity contribution in [2.24, 2.45) is 0 Å². The van der Waals surface area contributed by atoms with Gasteiger partial charge in [-0.15, -0.1) is 0 Å². The van der Waals surface area contributed by atoms with E-state index in [1.165, 1.54) is 7.05 Å². The standard InChI is InChI=1S/C10H15F2N3O2S/c1-13-9-7(11)6-8(12)10(15-9)14-4-3-5-18(2,16)17/h6H,3-5H2,1-2H3,(H2,13,14,15). The predicted octanol–water partition coefficient (Wildman–Crippen LogP) is 1.25. The summed E-state index contributed by atoms with van der Waals surface area (Å²) < 4.78 is 48.2. The summed E-state index contributed by atoms with van der Waals surface area (Å²) in [7, 11) is -1.57. The lowest BCUT2D eigenvalue weighted by atomic mass is 10.4. The molecule has 0 radical (unpaired) electrons. The van der Waals surface area contributed by atoms with E-state index in [1.54, 1.807) is 0 Å². The lowest BCUT2D eigenvalue weighted by molar-refractivity contribution is 0.578. The molecular formula is C10H15F2N3O2S. The van der Waals surface area contributed by atoms with E-state index in [-0.39, 0.29) is 23.9 Å². The lowest BCUT2D eigenvalue weighted by Crippen LogP contribution is -2.12. The van der Waals surface area contributed by atoms with Gasteiger partial charge < -0.3 is 10.6 Å². The molecule has 0 saturated carbocycles. The van der Waals surface area contributed by atoms with Crippen molar-refractivity contribution >= 4 is 21.5 Å². The van der Waals surface area contributed by atoms with Crippen molar-refractivity contribution in [1.29, 1.82) is 0 Å². The highest BCUT2D eigenvalue weighted by molar-refractivity contribution is 7.90. The Labute approximate surface area is 105 Å². The van der Waals surface area contributed by atoms with Crippen LogP contribution in [0.3, 0.4) is 0 Å². The Morgan fingerprint density at radius 1 is 1.28 bits per heavy atom. The van der Waals surface area contributed by atoms with Gasteiger partial charge in [0.05, 0.1) is 5.75 Å². The molecule has 1 rings (SSSR count). The fourth-order valence-corrected chi connectivity index (χ4v) is 1.98. The van der Waals surface area contributed by atoms with Crippen molar-refractivity contribution in [3.63, 3.8) is 0 Å². The molecule has 0 aliphatic rings. The topological polar surface area (TPSA) is 71.1 Å². The van der Waals surface area contributed by atoms with Crippen LogP contribution in [0.25, 0.3) is 0 Å². The number of halogens is 2. The molecular weight excluding hydrogens is 264 g/mol. The fraction of sp³-hybridized carbons (Fsp3) is 0.500. The molecule has 8 heteroatoms. The Hall–Kier alpha value is -1.44. The van der Waals surface area contributed by atoms with E-state index in [4.69, 9.17) is 0 Å². The number of pyridine rings is 1. The van der Waals surface area contributed by atoms with Crippen LogP contribution >= 0.6 is 0 Å². The van der Waals surface area contributed by atoms with Gasteiger partial charge in [0.25, 0.3) is 0 Å². The molecule has 0 bridgehead atoms. The predicted molar refractivity (Wildman–Crippen MR) is 66.5 cm³/mol. The number of hydrogen-bond acceptors (Lipinski definition) is 5. The van der Waals surface area contributed by atoms with Crippen molar-refractivity contribution in [2.75, 3.05) is 36.2 Å². The van der Waals surface area contributed by atoms with Crippen LogP contribution in [0, 0.1) is 11.6 Å². The van der Waals surface area contributed by atoms with Gasteiger partial charge in [0, 0.05) is 25.9 Å². The second-order valence-electron chi connectivity index (χ2n) is 3.81. The van der Waals surface area contributed by atoms with E-state index in [0.717, 1.165) is 12.3 Å². The number of aromatic nitrogens is 1. The Morgan fingerprint density at radius 2 is 1.89 bits per heavy atom. The average Bonchev–Trinajstić information content (AvgIpc) is 2.25. The van der Waals surface area contributed by atoms with Crippen LogP contribution in [0.4, 0.5) is 20.4 Å². The molecule has 0 spiro atoms. The SMILES string of the molecule is CNc1nc(NCCCS(C)(=O)=O)c(F)cc1F. The van der Waals surface area contributed by atoms with E-state index in [0.29, 0.717) is 6.42 Å². The zero-order valence-corrected chi connectivity index (χ0v) is 10.9. The Bertz CT molecular complexity index is 520. The fourth-order valence-electron chi connectivity index (χ4n) is 1.31. The maximum Gasteiger partial charge on any atom is 0.168 e. The van der Waals surface area contributed by atoms with Gasteiger partial charge in [0.2, 0.25) is 0 Å². The quantitative estimate of drug-likeness (QED) is 0.767. The average molecular weight is 279 g/mol. The first kappa shape index (κ1) is 14.6. The van der Waals surface area contributed by atoms with Crippen LogP contribution in [0.15, 0.2) is 6.07 Å². The van der Waals surface area contributed by atoms with Crippen LogP contribution in [-0.4, -0.2) is 39.0 Å². The molecule has 0 fully saturated rings. The number of hydrogen-bond donors (Lipinski definition) is 2. The second kappa shape index (κ2) is 5.94. The van der Waals surface area contributed by atoms with E-state index in [9.17, 15) is 17.2 Å². The first-order valence-electron chi connectivity index (χ1n) is 5.29. The van der Waals surface area contributed by atoms with Crippen LogP contribution in [-0.2, 0) is 9.84 Å². The number of nitrogens with zero attached hydrogens (tertiary/aromatic N) is 1. The van der Waals surface area contributed by atoms with Crippen molar-refractivity contribution in [1.82, 2.24) is 4.98 Å². The summed E-state index contributed by atoms with van der Waals surface area (Å²) in [5, 5.41) is 5.12. The molecule has 1 aromatic rings. The zero-order chi connectivity index (χ0) is 13.8. The van der Waals surface area contributed by atoms with Crippen molar-refractivity contribution in [3.8, 4) is 0 Å². The third-order valence-corrected chi connectivity index (χ3v) is 3.18. The van der Waals surface area contributed by atoms with E-state index in [1.807, 2.05) is 0 Å². The molecule has 5 nitrogen and oxygen atoms in total. The molecule has 1 heterocycles. The maximum atomic E-state index is 13.3. The van der Waals surface area contributed by atoms with Crippen molar-refractivity contribution in [2.45, 2.75) is 6.42 Å². The Kier molecular flexibility index (Phi) is 4.83. The summed E-state index contributed by atoms with van der Waals surface area (Å²) >= 11 is 0. The Balaban J connectivity index is 2.62. The van der Waals surface area contributed by atoms with Gasteiger partial charge in [-0.3, -0.25) is 0 Å². The van der Waals surface area contributed by atoms with Gasteiger partial charge in [0.15, 0.2) is 23.3 Å². The third kappa shape index (κ3) is 4.44. The molecule has 0 unspecified atom stereocenters. The Morgan fingerprint density at radius 3 is 2.44 bits per heavy atom. The molecule has 0 amide bonds. The molecule has 0 atom stereocenters. The van der Waals surface area contributed by atoms with Gasteiger partial charge >= 0.3 is 0 Å². The maximum absolute atomic E-state index is 13.3. The summed E-state index contributed by atoms with van der Waals surface area (Å²) in [4.78, 5) is 3.70. The van der Waals surface area contributed by atoms with Crippen LogP contribution in [0.5, 0.6) is 0 Å². The van der Waals surface area contributed by atoms with Crippen LogP contribution in [0.1, 0.15) is 6.42 Å². The molecule has 0 saturated heterocycles. The van der Waals surface area contributed by atoms with Crippen LogP contribution in [0.2, 0.25) is 0 Å². The first-order valence-corrected chi connectivity index (χ1v) is 7.35. The summed E-state index contributed by atoms with van der Waals surface area (Å²) in [6.45, 7) is 0.242. The van der Waals surface area contributed by atoms with E-state index < -0.39 is 21.5 Å². The molecule has 1 aromatic heterocycles.